The second-order valence-electron chi connectivity index (χ2n) is 8.54. The van der Waals surface area contributed by atoms with Crippen molar-refractivity contribution in [2.24, 2.45) is 5.92 Å². The van der Waals surface area contributed by atoms with Gasteiger partial charge in [0.2, 0.25) is 0 Å². The predicted molar refractivity (Wildman–Crippen MR) is 118 cm³/mol. The van der Waals surface area contributed by atoms with E-state index in [-0.39, 0.29) is 23.6 Å². The third-order valence-corrected chi connectivity index (χ3v) is 7.14. The Morgan fingerprint density at radius 2 is 1.97 bits per heavy atom. The van der Waals surface area contributed by atoms with E-state index in [0.29, 0.717) is 25.6 Å². The Bertz CT molecular complexity index is 1110. The fourth-order valence-corrected chi connectivity index (χ4v) is 5.83. The van der Waals surface area contributed by atoms with Gasteiger partial charge in [0, 0.05) is 46.9 Å². The van der Waals surface area contributed by atoms with Gasteiger partial charge in [-0.15, -0.1) is 11.3 Å². The monoisotopic (exact) mass is 407 g/mol. The minimum absolute atomic E-state index is 0.00685. The first-order valence-corrected chi connectivity index (χ1v) is 11.1. The number of hydrogen-bond donors (Lipinski definition) is 1. The Morgan fingerprint density at radius 1 is 1.14 bits per heavy atom. The van der Waals surface area contributed by atoms with Crippen LogP contribution in [0, 0.1) is 5.92 Å². The first kappa shape index (κ1) is 18.4. The summed E-state index contributed by atoms with van der Waals surface area (Å²) in [6, 6.07) is 14.6. The van der Waals surface area contributed by atoms with E-state index in [2.05, 4.69) is 29.6 Å². The molecular weight excluding hydrogens is 382 g/mol. The lowest BCUT2D eigenvalue weighted by Crippen LogP contribution is -2.52. The Balaban J connectivity index is 1.48. The number of nitrogens with one attached hydrogen (secondary N) is 1. The molecule has 2 aromatic heterocycles. The number of hydrogen-bond acceptors (Lipinski definition) is 3. The number of thiophene rings is 1. The Labute approximate surface area is 174 Å². The largest absolute Gasteiger partial charge is 0.336 e. The molecule has 150 valence electrons. The number of aromatic nitrogens is 1. The quantitative estimate of drug-likeness (QED) is 0.690. The highest BCUT2D eigenvalue weighted by atomic mass is 32.1. The molecule has 1 aromatic carbocycles. The number of fused-ring (bicyclic) bond motifs is 5. The summed E-state index contributed by atoms with van der Waals surface area (Å²) in [5.74, 6) is 0.555. The molecule has 2 atom stereocenters. The number of benzene rings is 1. The van der Waals surface area contributed by atoms with E-state index in [4.69, 9.17) is 0 Å². The first-order valence-electron chi connectivity index (χ1n) is 10.3. The molecule has 6 heteroatoms. The lowest BCUT2D eigenvalue weighted by Gasteiger charge is -2.43. The van der Waals surface area contributed by atoms with E-state index in [0.717, 1.165) is 22.6 Å². The molecule has 0 radical (unpaired) electrons. The number of urea groups is 1. The van der Waals surface area contributed by atoms with Gasteiger partial charge in [0.15, 0.2) is 0 Å². The minimum atomic E-state index is 0.00685. The van der Waals surface area contributed by atoms with E-state index in [1.165, 1.54) is 10.1 Å². The predicted octanol–water partition coefficient (Wildman–Crippen LogP) is 4.27. The molecule has 5 rings (SSSR count). The van der Waals surface area contributed by atoms with Crippen LogP contribution in [0.15, 0.2) is 47.3 Å². The molecular formula is C23H25N3O2S. The molecule has 2 aliphatic heterocycles. The summed E-state index contributed by atoms with van der Waals surface area (Å²) < 4.78 is 3.17. The molecule has 0 spiro atoms. The molecule has 29 heavy (non-hydrogen) atoms. The topological polar surface area (TPSA) is 54.3 Å². The van der Waals surface area contributed by atoms with Crippen LogP contribution >= 0.6 is 11.3 Å². The van der Waals surface area contributed by atoms with Gasteiger partial charge >= 0.3 is 6.03 Å². The molecule has 2 bridgehead atoms. The molecule has 0 aliphatic carbocycles. The zero-order valence-electron chi connectivity index (χ0n) is 16.7. The number of rotatable bonds is 2. The number of carbonyl (C=O) groups excluding carboxylic acids is 1. The van der Waals surface area contributed by atoms with Crippen LogP contribution in [0.4, 0.5) is 4.79 Å². The van der Waals surface area contributed by atoms with Crippen LogP contribution in [0.5, 0.6) is 0 Å². The summed E-state index contributed by atoms with van der Waals surface area (Å²) in [7, 11) is 0. The standard InChI is InChI=1S/C23H25N3O2S/c1-14(2)24-23(28)25-11-15-9-17(13-25)19-8-7-18(22(27)26(19)12-15)21-10-16-5-3-4-6-20(16)29-21/h3-8,10,14-15,17H,9,11-13H2,1-2H3,(H,24,28)/t15-,17-/m1/s1. The summed E-state index contributed by atoms with van der Waals surface area (Å²) in [4.78, 5) is 28.8. The maximum absolute atomic E-state index is 13.4. The molecule has 2 aliphatic rings. The van der Waals surface area contributed by atoms with Crippen molar-refractivity contribution in [1.29, 1.82) is 0 Å². The van der Waals surface area contributed by atoms with Crippen molar-refractivity contribution in [3.63, 3.8) is 0 Å². The summed E-state index contributed by atoms with van der Waals surface area (Å²) in [6.45, 7) is 6.04. The molecule has 5 nitrogen and oxygen atoms in total. The Morgan fingerprint density at radius 3 is 2.76 bits per heavy atom. The highest BCUT2D eigenvalue weighted by Gasteiger charge is 2.36. The maximum Gasteiger partial charge on any atom is 0.317 e. The average molecular weight is 408 g/mol. The van der Waals surface area contributed by atoms with Crippen LogP contribution in [0.3, 0.4) is 0 Å². The van der Waals surface area contributed by atoms with Gasteiger partial charge in [0.25, 0.3) is 5.56 Å². The normalized spacial score (nSPS) is 20.7. The molecule has 1 N–H and O–H groups in total. The second-order valence-corrected chi connectivity index (χ2v) is 9.63. The Kier molecular flexibility index (Phi) is 4.46. The van der Waals surface area contributed by atoms with E-state index in [1.807, 2.05) is 41.5 Å². The first-order chi connectivity index (χ1) is 14.0. The minimum Gasteiger partial charge on any atom is -0.336 e. The van der Waals surface area contributed by atoms with Crippen LogP contribution in [-0.4, -0.2) is 34.6 Å². The van der Waals surface area contributed by atoms with E-state index in [1.54, 1.807) is 11.3 Å². The van der Waals surface area contributed by atoms with Crippen molar-refractivity contribution in [3.8, 4) is 10.4 Å². The SMILES string of the molecule is CC(C)NC(=O)N1C[C@H]2C[C@H](C1)c1ccc(-c3cc4ccccc4s3)c(=O)n1C2. The van der Waals surface area contributed by atoms with Gasteiger partial charge in [-0.3, -0.25) is 4.79 Å². The third-order valence-electron chi connectivity index (χ3n) is 5.99. The Hall–Kier alpha value is -2.60. The van der Waals surface area contributed by atoms with E-state index >= 15 is 0 Å². The molecule has 1 saturated heterocycles. The van der Waals surface area contributed by atoms with Gasteiger partial charge in [-0.1, -0.05) is 18.2 Å². The van der Waals surface area contributed by atoms with Crippen LogP contribution in [0.25, 0.3) is 20.5 Å². The van der Waals surface area contributed by atoms with E-state index in [9.17, 15) is 9.59 Å². The van der Waals surface area contributed by atoms with Crippen molar-refractivity contribution >= 4 is 27.5 Å². The van der Waals surface area contributed by atoms with Crippen LogP contribution in [0.2, 0.25) is 0 Å². The van der Waals surface area contributed by atoms with Gasteiger partial charge in [0.05, 0.1) is 5.56 Å². The average Bonchev–Trinajstić information content (AvgIpc) is 3.12. The third kappa shape index (κ3) is 3.25. The van der Waals surface area contributed by atoms with Gasteiger partial charge in [-0.25, -0.2) is 4.79 Å². The van der Waals surface area contributed by atoms with E-state index < -0.39 is 0 Å². The van der Waals surface area contributed by atoms with Gasteiger partial charge in [-0.2, -0.15) is 0 Å². The summed E-state index contributed by atoms with van der Waals surface area (Å²) in [5, 5.41) is 4.18. The number of carbonyl (C=O) groups is 1. The summed E-state index contributed by atoms with van der Waals surface area (Å²) in [6.07, 6.45) is 1.05. The number of pyridine rings is 1. The fraction of sp³-hybridized carbons (Fsp3) is 0.391. The summed E-state index contributed by atoms with van der Waals surface area (Å²) >= 11 is 1.67. The highest BCUT2D eigenvalue weighted by Crippen LogP contribution is 2.37. The second kappa shape index (κ2) is 7.02. The maximum atomic E-state index is 13.4. The lowest BCUT2D eigenvalue weighted by molar-refractivity contribution is 0.130. The molecule has 2 amide bonds. The zero-order valence-corrected chi connectivity index (χ0v) is 17.5. The molecule has 3 aromatic rings. The van der Waals surface area contributed by atoms with Crippen molar-refractivity contribution < 1.29 is 4.79 Å². The lowest BCUT2D eigenvalue weighted by atomic mass is 9.83. The van der Waals surface area contributed by atoms with Gasteiger partial charge in [-0.05, 0) is 55.8 Å². The molecule has 4 heterocycles. The molecule has 0 saturated carbocycles. The van der Waals surface area contributed by atoms with Crippen LogP contribution in [-0.2, 0) is 6.54 Å². The van der Waals surface area contributed by atoms with Crippen molar-refractivity contribution in [2.75, 3.05) is 13.1 Å². The van der Waals surface area contributed by atoms with Crippen molar-refractivity contribution in [3.05, 3.63) is 58.5 Å². The summed E-state index contributed by atoms with van der Waals surface area (Å²) in [5.41, 5.74) is 1.95. The van der Waals surface area contributed by atoms with Crippen molar-refractivity contribution in [1.82, 2.24) is 14.8 Å². The molecule has 0 unspecified atom stereocenters. The number of amides is 2. The van der Waals surface area contributed by atoms with Crippen molar-refractivity contribution in [2.45, 2.75) is 38.8 Å². The molecule has 1 fully saturated rings. The van der Waals surface area contributed by atoms with Crippen LogP contribution in [0.1, 0.15) is 31.9 Å². The van der Waals surface area contributed by atoms with Gasteiger partial charge < -0.3 is 14.8 Å². The highest BCUT2D eigenvalue weighted by molar-refractivity contribution is 7.22. The zero-order chi connectivity index (χ0) is 20.1. The smallest absolute Gasteiger partial charge is 0.317 e. The number of piperidine rings is 1. The van der Waals surface area contributed by atoms with Crippen LogP contribution < -0.4 is 10.9 Å². The fourth-order valence-electron chi connectivity index (χ4n) is 4.75. The van der Waals surface area contributed by atoms with Gasteiger partial charge in [0.1, 0.15) is 0 Å². The number of nitrogens with zero attached hydrogens (tertiary/aromatic N) is 2. The number of likely N-dealkylation sites (tertiary alicyclic amines) is 1.